The first-order valence-corrected chi connectivity index (χ1v) is 6.81. The molecule has 3 heteroatoms. The Hall–Kier alpha value is 0.140. The van der Waals surface area contributed by atoms with Gasteiger partial charge in [0.15, 0.2) is 0 Å². The third-order valence-electron chi connectivity index (χ3n) is 2.20. The molecular weight excluding hydrogens is 258 g/mol. The van der Waals surface area contributed by atoms with Gasteiger partial charge in [-0.25, -0.2) is 0 Å². The first-order chi connectivity index (χ1) is 6.72. The number of rotatable bonds is 6. The minimum Gasteiger partial charge on any atom is -0.314 e. The van der Waals surface area contributed by atoms with Crippen molar-refractivity contribution in [3.8, 4) is 0 Å². The van der Waals surface area contributed by atoms with Gasteiger partial charge in [0, 0.05) is 10.9 Å². The Labute approximate surface area is 99.0 Å². The number of halogens is 1. The Morgan fingerprint density at radius 2 is 2.29 bits per heavy atom. The van der Waals surface area contributed by atoms with E-state index in [1.54, 1.807) is 0 Å². The maximum absolute atomic E-state index is 3.50. The number of hydrogen-bond donors (Lipinski definition) is 1. The molecule has 0 fully saturated rings. The maximum Gasteiger partial charge on any atom is 0.0701 e. The minimum atomic E-state index is 0.635. The zero-order valence-electron chi connectivity index (χ0n) is 8.85. The molecule has 0 spiro atoms. The van der Waals surface area contributed by atoms with E-state index < -0.39 is 0 Å². The zero-order chi connectivity index (χ0) is 10.4. The lowest BCUT2D eigenvalue weighted by atomic mass is 10.1. The van der Waals surface area contributed by atoms with E-state index in [1.165, 1.54) is 27.9 Å². The van der Waals surface area contributed by atoms with E-state index in [0.29, 0.717) is 6.04 Å². The Morgan fingerprint density at radius 3 is 2.86 bits per heavy atom. The van der Waals surface area contributed by atoms with Crippen LogP contribution in [-0.4, -0.2) is 12.6 Å². The molecule has 1 N–H and O–H groups in total. The van der Waals surface area contributed by atoms with E-state index >= 15 is 0 Å². The van der Waals surface area contributed by atoms with Gasteiger partial charge in [0.1, 0.15) is 0 Å². The standard InChI is InChI=1S/C11H18BrNS/c1-3-8-13-9(2)4-5-10-6-7-11(12)14-10/h6-7,9,13H,3-5,8H2,1-2H3. The van der Waals surface area contributed by atoms with Gasteiger partial charge < -0.3 is 5.32 Å². The molecule has 1 unspecified atom stereocenters. The molecule has 0 aliphatic carbocycles. The molecule has 1 atom stereocenters. The second-order valence-electron chi connectivity index (χ2n) is 3.60. The molecule has 1 aromatic heterocycles. The quantitative estimate of drug-likeness (QED) is 0.832. The van der Waals surface area contributed by atoms with Gasteiger partial charge in [0.05, 0.1) is 3.79 Å². The minimum absolute atomic E-state index is 0.635. The average Bonchev–Trinajstić information content (AvgIpc) is 2.58. The molecule has 0 aromatic carbocycles. The molecule has 0 radical (unpaired) electrons. The van der Waals surface area contributed by atoms with Gasteiger partial charge in [-0.3, -0.25) is 0 Å². The van der Waals surface area contributed by atoms with Crippen molar-refractivity contribution in [2.24, 2.45) is 0 Å². The normalized spacial score (nSPS) is 13.1. The van der Waals surface area contributed by atoms with Crippen LogP contribution in [0.25, 0.3) is 0 Å². The Bertz CT molecular complexity index is 260. The van der Waals surface area contributed by atoms with E-state index in [2.05, 4.69) is 47.2 Å². The molecule has 80 valence electrons. The fourth-order valence-electron chi connectivity index (χ4n) is 1.34. The van der Waals surface area contributed by atoms with Crippen LogP contribution in [0.1, 0.15) is 31.6 Å². The summed E-state index contributed by atoms with van der Waals surface area (Å²) >= 11 is 5.33. The largest absolute Gasteiger partial charge is 0.314 e. The SMILES string of the molecule is CCCNC(C)CCc1ccc(Br)s1. The van der Waals surface area contributed by atoms with Gasteiger partial charge >= 0.3 is 0 Å². The van der Waals surface area contributed by atoms with Crippen molar-refractivity contribution in [1.82, 2.24) is 5.32 Å². The predicted molar refractivity (Wildman–Crippen MR) is 68.1 cm³/mol. The molecule has 0 bridgehead atoms. The van der Waals surface area contributed by atoms with Crippen molar-refractivity contribution < 1.29 is 0 Å². The monoisotopic (exact) mass is 275 g/mol. The number of hydrogen-bond acceptors (Lipinski definition) is 2. The summed E-state index contributed by atoms with van der Waals surface area (Å²) in [5, 5.41) is 3.50. The molecular formula is C11H18BrNS. The van der Waals surface area contributed by atoms with Crippen molar-refractivity contribution in [2.75, 3.05) is 6.54 Å². The lowest BCUT2D eigenvalue weighted by Gasteiger charge is -2.11. The highest BCUT2D eigenvalue weighted by atomic mass is 79.9. The number of nitrogens with one attached hydrogen (secondary N) is 1. The highest BCUT2D eigenvalue weighted by Crippen LogP contribution is 2.23. The first-order valence-electron chi connectivity index (χ1n) is 5.20. The van der Waals surface area contributed by atoms with E-state index in [-0.39, 0.29) is 0 Å². The highest BCUT2D eigenvalue weighted by molar-refractivity contribution is 9.11. The van der Waals surface area contributed by atoms with Gasteiger partial charge in [-0.1, -0.05) is 6.92 Å². The summed E-state index contributed by atoms with van der Waals surface area (Å²) in [5.74, 6) is 0. The summed E-state index contributed by atoms with van der Waals surface area (Å²) in [6.07, 6.45) is 3.63. The summed E-state index contributed by atoms with van der Waals surface area (Å²) in [4.78, 5) is 1.47. The fourth-order valence-corrected chi connectivity index (χ4v) is 2.84. The molecule has 1 rings (SSSR count). The summed E-state index contributed by atoms with van der Waals surface area (Å²) in [7, 11) is 0. The topological polar surface area (TPSA) is 12.0 Å². The van der Waals surface area contributed by atoms with E-state index in [9.17, 15) is 0 Å². The third-order valence-corrected chi connectivity index (χ3v) is 3.88. The van der Waals surface area contributed by atoms with Gasteiger partial charge in [-0.2, -0.15) is 0 Å². The lowest BCUT2D eigenvalue weighted by molar-refractivity contribution is 0.515. The van der Waals surface area contributed by atoms with Gasteiger partial charge in [0.2, 0.25) is 0 Å². The molecule has 0 saturated carbocycles. The third kappa shape index (κ3) is 4.58. The molecule has 1 heterocycles. The Balaban J connectivity index is 2.20. The van der Waals surface area contributed by atoms with Crippen molar-refractivity contribution in [3.63, 3.8) is 0 Å². The van der Waals surface area contributed by atoms with Crippen LogP contribution in [0.15, 0.2) is 15.9 Å². The Morgan fingerprint density at radius 1 is 1.50 bits per heavy atom. The first kappa shape index (κ1) is 12.2. The average molecular weight is 276 g/mol. The molecule has 0 aliphatic rings. The predicted octanol–water partition coefficient (Wildman–Crippen LogP) is 3.83. The van der Waals surface area contributed by atoms with Crippen molar-refractivity contribution in [2.45, 2.75) is 39.2 Å². The van der Waals surface area contributed by atoms with Crippen molar-refractivity contribution in [1.29, 1.82) is 0 Å². The van der Waals surface area contributed by atoms with E-state index in [0.717, 1.165) is 6.54 Å². The van der Waals surface area contributed by atoms with Crippen LogP contribution in [0.4, 0.5) is 0 Å². The molecule has 0 saturated heterocycles. The van der Waals surface area contributed by atoms with Crippen LogP contribution in [0.3, 0.4) is 0 Å². The maximum atomic E-state index is 3.50. The van der Waals surface area contributed by atoms with Crippen LogP contribution < -0.4 is 5.32 Å². The summed E-state index contributed by atoms with van der Waals surface area (Å²) in [5.41, 5.74) is 0. The lowest BCUT2D eigenvalue weighted by Crippen LogP contribution is -2.26. The smallest absolute Gasteiger partial charge is 0.0701 e. The summed E-state index contributed by atoms with van der Waals surface area (Å²) < 4.78 is 1.24. The van der Waals surface area contributed by atoms with Crippen LogP contribution in [0.2, 0.25) is 0 Å². The molecule has 1 nitrogen and oxygen atoms in total. The van der Waals surface area contributed by atoms with E-state index in [1.807, 2.05) is 11.3 Å². The van der Waals surface area contributed by atoms with Gasteiger partial charge in [-0.05, 0) is 60.8 Å². The second kappa shape index (κ2) is 6.59. The molecule has 1 aromatic rings. The van der Waals surface area contributed by atoms with Crippen molar-refractivity contribution >= 4 is 27.3 Å². The van der Waals surface area contributed by atoms with Gasteiger partial charge in [0.25, 0.3) is 0 Å². The summed E-state index contributed by atoms with van der Waals surface area (Å²) in [6, 6.07) is 4.97. The number of aryl methyl sites for hydroxylation is 1. The molecule has 0 amide bonds. The van der Waals surface area contributed by atoms with Crippen LogP contribution >= 0.6 is 27.3 Å². The van der Waals surface area contributed by atoms with E-state index in [4.69, 9.17) is 0 Å². The zero-order valence-corrected chi connectivity index (χ0v) is 11.2. The molecule has 0 aliphatic heterocycles. The Kier molecular flexibility index (Phi) is 5.75. The van der Waals surface area contributed by atoms with Crippen molar-refractivity contribution in [3.05, 3.63) is 20.8 Å². The second-order valence-corrected chi connectivity index (χ2v) is 6.15. The van der Waals surface area contributed by atoms with Crippen LogP contribution in [-0.2, 0) is 6.42 Å². The summed E-state index contributed by atoms with van der Waals surface area (Å²) in [6.45, 7) is 5.60. The number of thiophene rings is 1. The highest BCUT2D eigenvalue weighted by Gasteiger charge is 2.02. The van der Waals surface area contributed by atoms with Crippen LogP contribution in [0.5, 0.6) is 0 Å². The van der Waals surface area contributed by atoms with Crippen LogP contribution in [0, 0.1) is 0 Å². The molecule has 14 heavy (non-hydrogen) atoms. The van der Waals surface area contributed by atoms with Gasteiger partial charge in [-0.15, -0.1) is 11.3 Å². The fraction of sp³-hybridized carbons (Fsp3) is 0.636.